The van der Waals surface area contributed by atoms with Gasteiger partial charge in [-0.25, -0.2) is 0 Å². The van der Waals surface area contributed by atoms with Gasteiger partial charge in [-0.05, 0) is 18.9 Å². The van der Waals surface area contributed by atoms with Gasteiger partial charge >= 0.3 is 0 Å². The van der Waals surface area contributed by atoms with E-state index >= 15 is 0 Å². The van der Waals surface area contributed by atoms with Crippen LogP contribution in [0, 0.1) is 5.92 Å². The zero-order valence-electron chi connectivity index (χ0n) is 8.98. The molecule has 1 rings (SSSR count). The largest absolute Gasteiger partial charge is 0.330 e. The first-order valence-electron chi connectivity index (χ1n) is 5.11. The number of nitrogens with zero attached hydrogens (tertiary/aromatic N) is 2. The van der Waals surface area contributed by atoms with Crippen molar-refractivity contribution in [1.82, 2.24) is 9.78 Å². The van der Waals surface area contributed by atoms with Gasteiger partial charge in [0, 0.05) is 18.3 Å². The van der Waals surface area contributed by atoms with Crippen LogP contribution in [0.4, 0.5) is 0 Å². The fraction of sp³-hybridized carbons (Fsp3) is 0.545. The third kappa shape index (κ3) is 3.75. The van der Waals surface area contributed by atoms with Gasteiger partial charge in [-0.15, -0.1) is 0 Å². The molecule has 3 heteroatoms. The number of rotatable bonds is 5. The Morgan fingerprint density at radius 3 is 3.00 bits per heavy atom. The van der Waals surface area contributed by atoms with E-state index in [1.54, 1.807) is 0 Å². The van der Waals surface area contributed by atoms with Gasteiger partial charge in [-0.3, -0.25) is 4.68 Å². The molecule has 3 nitrogen and oxygen atoms in total. The van der Waals surface area contributed by atoms with Crippen LogP contribution in [0.2, 0.25) is 0 Å². The summed E-state index contributed by atoms with van der Waals surface area (Å²) in [5.41, 5.74) is 6.54. The van der Waals surface area contributed by atoms with Crippen molar-refractivity contribution >= 4 is 6.08 Å². The Balaban J connectivity index is 2.50. The minimum Gasteiger partial charge on any atom is -0.330 e. The van der Waals surface area contributed by atoms with Crippen molar-refractivity contribution < 1.29 is 0 Å². The van der Waals surface area contributed by atoms with E-state index in [9.17, 15) is 0 Å². The molecule has 2 N–H and O–H groups in total. The van der Waals surface area contributed by atoms with Crippen LogP contribution in [0.3, 0.4) is 0 Å². The number of hydrogen-bond donors (Lipinski definition) is 1. The van der Waals surface area contributed by atoms with Crippen LogP contribution in [-0.4, -0.2) is 16.3 Å². The molecule has 0 atom stereocenters. The first kappa shape index (κ1) is 11.0. The normalized spacial score (nSPS) is 11.7. The minimum atomic E-state index is 0.635. The molecule has 1 heterocycles. The van der Waals surface area contributed by atoms with Crippen molar-refractivity contribution in [3.8, 4) is 0 Å². The molecule has 0 aliphatic heterocycles. The van der Waals surface area contributed by atoms with Gasteiger partial charge in [-0.2, -0.15) is 5.10 Å². The molecular formula is C11H19N3. The third-order valence-corrected chi connectivity index (χ3v) is 1.85. The number of aromatic nitrogens is 2. The second-order valence-corrected chi connectivity index (χ2v) is 3.87. The molecule has 0 unspecified atom stereocenters. The lowest BCUT2D eigenvalue weighted by Gasteiger charge is -2.02. The highest BCUT2D eigenvalue weighted by Gasteiger charge is 1.97. The quantitative estimate of drug-likeness (QED) is 0.776. The maximum absolute atomic E-state index is 5.39. The summed E-state index contributed by atoms with van der Waals surface area (Å²) in [5.74, 6) is 0.635. The molecule has 0 aliphatic carbocycles. The Bertz CT molecular complexity index is 286. The monoisotopic (exact) mass is 193 g/mol. The van der Waals surface area contributed by atoms with Crippen molar-refractivity contribution in [1.29, 1.82) is 0 Å². The summed E-state index contributed by atoms with van der Waals surface area (Å²) in [6.45, 7) is 6.05. The molecule has 78 valence electrons. The maximum Gasteiger partial charge on any atom is 0.0562 e. The van der Waals surface area contributed by atoms with Gasteiger partial charge < -0.3 is 5.73 Å². The third-order valence-electron chi connectivity index (χ3n) is 1.85. The zero-order chi connectivity index (χ0) is 10.4. The molecule has 0 aliphatic rings. The minimum absolute atomic E-state index is 0.635. The molecule has 0 fully saturated rings. The van der Waals surface area contributed by atoms with Crippen LogP contribution in [0.15, 0.2) is 18.5 Å². The summed E-state index contributed by atoms with van der Waals surface area (Å²) in [6.07, 6.45) is 9.02. The van der Waals surface area contributed by atoms with Crippen LogP contribution < -0.4 is 5.73 Å². The van der Waals surface area contributed by atoms with Gasteiger partial charge in [-0.1, -0.05) is 26.0 Å². The van der Waals surface area contributed by atoms with E-state index in [0.717, 1.165) is 18.5 Å². The van der Waals surface area contributed by atoms with Crippen LogP contribution >= 0.6 is 0 Å². The second-order valence-electron chi connectivity index (χ2n) is 3.87. The molecule has 0 aromatic carbocycles. The average molecular weight is 193 g/mol. The second kappa shape index (κ2) is 5.60. The van der Waals surface area contributed by atoms with Crippen molar-refractivity contribution in [2.24, 2.45) is 11.7 Å². The molecule has 0 bridgehead atoms. The average Bonchev–Trinajstić information content (AvgIpc) is 2.52. The predicted octanol–water partition coefficient (Wildman–Crippen LogP) is 1.90. The molecule has 0 amide bonds. The topological polar surface area (TPSA) is 43.8 Å². The van der Waals surface area contributed by atoms with E-state index in [4.69, 9.17) is 5.73 Å². The SMILES string of the molecule is CC(C)Cn1cc(C=CCCN)cn1. The van der Waals surface area contributed by atoms with Gasteiger partial charge in [0.05, 0.1) is 6.20 Å². The highest BCUT2D eigenvalue weighted by molar-refractivity contribution is 5.46. The van der Waals surface area contributed by atoms with E-state index in [2.05, 4.69) is 37.3 Å². The molecule has 1 aromatic rings. The molecule has 0 saturated carbocycles. The van der Waals surface area contributed by atoms with Gasteiger partial charge in [0.1, 0.15) is 0 Å². The Hall–Kier alpha value is -1.09. The van der Waals surface area contributed by atoms with E-state index in [-0.39, 0.29) is 0 Å². The predicted molar refractivity (Wildman–Crippen MR) is 59.8 cm³/mol. The van der Waals surface area contributed by atoms with E-state index in [1.807, 2.05) is 10.9 Å². The van der Waals surface area contributed by atoms with E-state index in [1.165, 1.54) is 0 Å². The van der Waals surface area contributed by atoms with Crippen molar-refractivity contribution in [3.63, 3.8) is 0 Å². The van der Waals surface area contributed by atoms with Crippen LogP contribution in [0.25, 0.3) is 6.08 Å². The molecular weight excluding hydrogens is 174 g/mol. The first-order chi connectivity index (χ1) is 6.72. The summed E-state index contributed by atoms with van der Waals surface area (Å²) >= 11 is 0. The fourth-order valence-electron chi connectivity index (χ4n) is 1.26. The van der Waals surface area contributed by atoms with Crippen LogP contribution in [0.1, 0.15) is 25.8 Å². The maximum atomic E-state index is 5.39. The molecule has 1 aromatic heterocycles. The first-order valence-corrected chi connectivity index (χ1v) is 5.11. The lowest BCUT2D eigenvalue weighted by molar-refractivity contribution is 0.483. The summed E-state index contributed by atoms with van der Waals surface area (Å²) < 4.78 is 1.98. The van der Waals surface area contributed by atoms with E-state index in [0.29, 0.717) is 12.5 Å². The number of hydrogen-bond acceptors (Lipinski definition) is 2. The lowest BCUT2D eigenvalue weighted by Crippen LogP contribution is -2.03. The molecule has 0 saturated heterocycles. The Labute approximate surface area is 85.6 Å². The van der Waals surface area contributed by atoms with Gasteiger partial charge in [0.2, 0.25) is 0 Å². The smallest absolute Gasteiger partial charge is 0.0562 e. The van der Waals surface area contributed by atoms with E-state index < -0.39 is 0 Å². The Kier molecular flexibility index (Phi) is 4.40. The molecule has 0 radical (unpaired) electrons. The fourth-order valence-corrected chi connectivity index (χ4v) is 1.26. The molecule has 0 spiro atoms. The van der Waals surface area contributed by atoms with Gasteiger partial charge in [0.15, 0.2) is 0 Å². The zero-order valence-corrected chi connectivity index (χ0v) is 8.98. The standard InChI is InChI=1S/C11H19N3/c1-10(2)8-14-9-11(7-13-14)5-3-4-6-12/h3,5,7,9-10H,4,6,8,12H2,1-2H3. The van der Waals surface area contributed by atoms with Gasteiger partial charge in [0.25, 0.3) is 0 Å². The van der Waals surface area contributed by atoms with Crippen molar-refractivity contribution in [2.75, 3.05) is 6.54 Å². The lowest BCUT2D eigenvalue weighted by atomic mass is 10.2. The highest BCUT2D eigenvalue weighted by atomic mass is 15.3. The summed E-state index contributed by atoms with van der Waals surface area (Å²) in [4.78, 5) is 0. The summed E-state index contributed by atoms with van der Waals surface area (Å²) in [5, 5.41) is 4.27. The number of nitrogens with two attached hydrogens (primary N) is 1. The van der Waals surface area contributed by atoms with Crippen molar-refractivity contribution in [3.05, 3.63) is 24.0 Å². The molecule has 14 heavy (non-hydrogen) atoms. The van der Waals surface area contributed by atoms with Crippen LogP contribution in [-0.2, 0) is 6.54 Å². The summed E-state index contributed by atoms with van der Waals surface area (Å²) in [7, 11) is 0. The Morgan fingerprint density at radius 1 is 1.57 bits per heavy atom. The Morgan fingerprint density at radius 2 is 2.36 bits per heavy atom. The summed E-state index contributed by atoms with van der Waals surface area (Å²) in [6, 6.07) is 0. The highest BCUT2D eigenvalue weighted by Crippen LogP contribution is 2.04. The van der Waals surface area contributed by atoms with Crippen LogP contribution in [0.5, 0.6) is 0 Å². The van der Waals surface area contributed by atoms with Crippen molar-refractivity contribution in [2.45, 2.75) is 26.8 Å².